The first-order valence-electron chi connectivity index (χ1n) is 5.91. The number of aromatic nitrogens is 3. The van der Waals surface area contributed by atoms with Crippen molar-refractivity contribution >= 4 is 11.2 Å². The molecule has 3 rings (SSSR count). The van der Waals surface area contributed by atoms with Crippen molar-refractivity contribution in [3.63, 3.8) is 0 Å². The first kappa shape index (κ1) is 9.78. The molecule has 2 heterocycles. The number of hydrogen-bond donors (Lipinski definition) is 1. The molecule has 1 aliphatic rings. The Labute approximate surface area is 94.5 Å². The second-order valence-electron chi connectivity index (χ2n) is 4.38. The minimum Gasteiger partial charge on any atom is -0.329 e. The van der Waals surface area contributed by atoms with Gasteiger partial charge in [-0.1, -0.05) is 6.42 Å². The highest BCUT2D eigenvalue weighted by Crippen LogP contribution is 2.36. The van der Waals surface area contributed by atoms with Gasteiger partial charge < -0.3 is 10.3 Å². The van der Waals surface area contributed by atoms with Gasteiger partial charge in [0.15, 0.2) is 5.65 Å². The van der Waals surface area contributed by atoms with Crippen LogP contribution in [-0.4, -0.2) is 21.1 Å². The van der Waals surface area contributed by atoms with Gasteiger partial charge in [0, 0.05) is 25.2 Å². The molecule has 0 atom stereocenters. The van der Waals surface area contributed by atoms with E-state index in [1.54, 1.807) is 0 Å². The van der Waals surface area contributed by atoms with Gasteiger partial charge >= 0.3 is 0 Å². The van der Waals surface area contributed by atoms with Gasteiger partial charge in [0.05, 0.1) is 0 Å². The molecule has 0 aliphatic heterocycles. The highest BCUT2D eigenvalue weighted by atomic mass is 15.1. The summed E-state index contributed by atoms with van der Waals surface area (Å²) in [6.45, 7) is 1.46. The van der Waals surface area contributed by atoms with Crippen LogP contribution in [0.15, 0.2) is 18.3 Å². The van der Waals surface area contributed by atoms with Crippen molar-refractivity contribution < 1.29 is 0 Å². The Morgan fingerprint density at radius 2 is 2.31 bits per heavy atom. The van der Waals surface area contributed by atoms with Gasteiger partial charge in [-0.25, -0.2) is 9.97 Å². The number of hydrogen-bond acceptors (Lipinski definition) is 3. The summed E-state index contributed by atoms with van der Waals surface area (Å²) in [5, 5.41) is 0. The zero-order valence-corrected chi connectivity index (χ0v) is 9.26. The van der Waals surface area contributed by atoms with E-state index >= 15 is 0 Å². The van der Waals surface area contributed by atoms with Gasteiger partial charge in [-0.3, -0.25) is 0 Å². The van der Waals surface area contributed by atoms with E-state index in [4.69, 9.17) is 10.7 Å². The van der Waals surface area contributed by atoms with Crippen molar-refractivity contribution in [1.82, 2.24) is 14.5 Å². The molecule has 2 aromatic rings. The lowest BCUT2D eigenvalue weighted by Crippen LogP contribution is -2.18. The molecule has 0 amide bonds. The normalized spacial score (nSPS) is 16.6. The Morgan fingerprint density at radius 3 is 3.00 bits per heavy atom. The van der Waals surface area contributed by atoms with Crippen LogP contribution in [0.5, 0.6) is 0 Å². The van der Waals surface area contributed by atoms with E-state index < -0.39 is 0 Å². The van der Waals surface area contributed by atoms with Crippen LogP contribution in [-0.2, 0) is 6.54 Å². The maximum absolute atomic E-state index is 5.66. The van der Waals surface area contributed by atoms with E-state index in [9.17, 15) is 0 Å². The molecule has 0 spiro atoms. The lowest BCUT2D eigenvalue weighted by atomic mass is 9.85. The number of rotatable bonds is 3. The molecule has 2 aromatic heterocycles. The first-order chi connectivity index (χ1) is 7.90. The summed E-state index contributed by atoms with van der Waals surface area (Å²) in [6, 6.07) is 3.96. The zero-order chi connectivity index (χ0) is 11.0. The molecule has 0 radical (unpaired) electrons. The van der Waals surface area contributed by atoms with Crippen molar-refractivity contribution in [2.24, 2.45) is 5.73 Å². The smallest absolute Gasteiger partial charge is 0.160 e. The predicted octanol–water partition coefficient (Wildman–Crippen LogP) is 1.66. The lowest BCUT2D eigenvalue weighted by molar-refractivity contribution is 0.389. The van der Waals surface area contributed by atoms with Crippen molar-refractivity contribution in [1.29, 1.82) is 0 Å². The maximum atomic E-state index is 5.66. The van der Waals surface area contributed by atoms with Crippen molar-refractivity contribution in [3.05, 3.63) is 24.2 Å². The van der Waals surface area contributed by atoms with E-state index in [2.05, 4.69) is 9.55 Å². The first-order valence-corrected chi connectivity index (χ1v) is 5.91. The molecule has 0 unspecified atom stereocenters. The van der Waals surface area contributed by atoms with Gasteiger partial charge in [0.25, 0.3) is 0 Å². The quantitative estimate of drug-likeness (QED) is 0.848. The minimum atomic E-state index is 0.626. The number of nitrogens with two attached hydrogens (primary N) is 1. The van der Waals surface area contributed by atoms with Crippen LogP contribution < -0.4 is 5.73 Å². The van der Waals surface area contributed by atoms with Crippen LogP contribution in [0.1, 0.15) is 31.0 Å². The Hall–Kier alpha value is -1.42. The van der Waals surface area contributed by atoms with Crippen LogP contribution in [0, 0.1) is 0 Å². The maximum Gasteiger partial charge on any atom is 0.160 e. The molecule has 4 nitrogen and oxygen atoms in total. The molecule has 4 heteroatoms. The molecule has 0 aromatic carbocycles. The van der Waals surface area contributed by atoms with E-state index in [1.165, 1.54) is 25.1 Å². The van der Waals surface area contributed by atoms with Gasteiger partial charge in [-0.05, 0) is 25.0 Å². The fourth-order valence-corrected chi connectivity index (χ4v) is 2.30. The summed E-state index contributed by atoms with van der Waals surface area (Å²) in [4.78, 5) is 9.10. The summed E-state index contributed by atoms with van der Waals surface area (Å²) >= 11 is 0. The Balaban J connectivity index is 2.13. The molecule has 16 heavy (non-hydrogen) atoms. The molecular formula is C12H16N4. The van der Waals surface area contributed by atoms with Gasteiger partial charge in [-0.15, -0.1) is 0 Å². The van der Waals surface area contributed by atoms with E-state index in [0.29, 0.717) is 12.5 Å². The van der Waals surface area contributed by atoms with E-state index in [0.717, 1.165) is 17.7 Å². The number of nitrogens with zero attached hydrogens (tertiary/aromatic N) is 3. The number of pyridine rings is 1. The van der Waals surface area contributed by atoms with Crippen molar-refractivity contribution in [3.8, 4) is 0 Å². The van der Waals surface area contributed by atoms with Crippen LogP contribution >= 0.6 is 0 Å². The van der Waals surface area contributed by atoms with Crippen LogP contribution in [0.4, 0.5) is 0 Å². The zero-order valence-electron chi connectivity index (χ0n) is 9.26. The molecule has 1 fully saturated rings. The topological polar surface area (TPSA) is 56.7 Å². The van der Waals surface area contributed by atoms with Crippen molar-refractivity contribution in [2.75, 3.05) is 6.54 Å². The summed E-state index contributed by atoms with van der Waals surface area (Å²) in [6.07, 6.45) is 5.66. The highest BCUT2D eigenvalue weighted by molar-refractivity contribution is 5.71. The fourth-order valence-electron chi connectivity index (χ4n) is 2.30. The van der Waals surface area contributed by atoms with Gasteiger partial charge in [0.2, 0.25) is 0 Å². The Morgan fingerprint density at radius 1 is 1.44 bits per heavy atom. The molecular weight excluding hydrogens is 200 g/mol. The molecule has 84 valence electrons. The third-order valence-electron chi connectivity index (χ3n) is 3.36. The summed E-state index contributed by atoms with van der Waals surface area (Å²) in [5.74, 6) is 1.81. The molecule has 1 aliphatic carbocycles. The SMILES string of the molecule is NCCn1c(C2CCC2)nc2cccnc21. The summed E-state index contributed by atoms with van der Waals surface area (Å²) in [7, 11) is 0. The van der Waals surface area contributed by atoms with Crippen molar-refractivity contribution in [2.45, 2.75) is 31.7 Å². The van der Waals surface area contributed by atoms with Crippen LogP contribution in [0.3, 0.4) is 0 Å². The van der Waals surface area contributed by atoms with E-state index in [-0.39, 0.29) is 0 Å². The fraction of sp³-hybridized carbons (Fsp3) is 0.500. The average Bonchev–Trinajstić information content (AvgIpc) is 2.56. The largest absolute Gasteiger partial charge is 0.329 e. The van der Waals surface area contributed by atoms with E-state index in [1.807, 2.05) is 18.3 Å². The number of imidazole rings is 1. The average molecular weight is 216 g/mol. The summed E-state index contributed by atoms with van der Waals surface area (Å²) < 4.78 is 2.19. The van der Waals surface area contributed by atoms with Crippen LogP contribution in [0.2, 0.25) is 0 Å². The second-order valence-corrected chi connectivity index (χ2v) is 4.38. The standard InChI is InChI=1S/C12H16N4/c13-6-8-16-11(9-3-1-4-9)15-10-5-2-7-14-12(10)16/h2,5,7,9H,1,3-4,6,8,13H2. The molecule has 2 N–H and O–H groups in total. The third-order valence-corrected chi connectivity index (χ3v) is 3.36. The molecule has 1 saturated carbocycles. The second kappa shape index (κ2) is 3.87. The molecule has 0 saturated heterocycles. The predicted molar refractivity (Wildman–Crippen MR) is 63.2 cm³/mol. The minimum absolute atomic E-state index is 0.626. The van der Waals surface area contributed by atoms with Gasteiger partial charge in [-0.2, -0.15) is 0 Å². The monoisotopic (exact) mass is 216 g/mol. The van der Waals surface area contributed by atoms with Crippen LogP contribution in [0.25, 0.3) is 11.2 Å². The lowest BCUT2D eigenvalue weighted by Gasteiger charge is -2.25. The highest BCUT2D eigenvalue weighted by Gasteiger charge is 2.25. The Kier molecular flexibility index (Phi) is 2.36. The number of fused-ring (bicyclic) bond motifs is 1. The van der Waals surface area contributed by atoms with Gasteiger partial charge in [0.1, 0.15) is 11.3 Å². The molecule has 0 bridgehead atoms. The Bertz CT molecular complexity index is 499. The third kappa shape index (κ3) is 1.41. The summed E-state index contributed by atoms with van der Waals surface area (Å²) in [5.41, 5.74) is 7.64.